The van der Waals surface area contributed by atoms with Crippen LogP contribution in [0.3, 0.4) is 0 Å². The van der Waals surface area contributed by atoms with Gasteiger partial charge in [0.25, 0.3) is 0 Å². The molecule has 0 saturated carbocycles. The van der Waals surface area contributed by atoms with E-state index in [1.54, 1.807) is 32.0 Å². The van der Waals surface area contributed by atoms with Gasteiger partial charge in [0.1, 0.15) is 0 Å². The number of carboxylic acid groups (broad SMARTS) is 1. The molecule has 5 heteroatoms. The molecule has 0 aliphatic rings. The van der Waals surface area contributed by atoms with Gasteiger partial charge in [0.15, 0.2) is 0 Å². The first-order chi connectivity index (χ1) is 8.87. The number of hydrogen-bond acceptors (Lipinski definition) is 2. The van der Waals surface area contributed by atoms with Crippen LogP contribution in [0.5, 0.6) is 0 Å². The number of hydrogen-bond donors (Lipinski definition) is 2. The molecule has 0 spiro atoms. The van der Waals surface area contributed by atoms with Crippen molar-refractivity contribution < 1.29 is 14.7 Å². The van der Waals surface area contributed by atoms with Gasteiger partial charge in [0.05, 0.1) is 11.8 Å². The van der Waals surface area contributed by atoms with Crippen LogP contribution < -0.4 is 5.32 Å². The van der Waals surface area contributed by atoms with E-state index in [9.17, 15) is 9.59 Å². The lowest BCUT2D eigenvalue weighted by Gasteiger charge is -2.23. The second-order valence-corrected chi connectivity index (χ2v) is 5.24. The molecule has 0 bridgehead atoms. The van der Waals surface area contributed by atoms with Crippen molar-refractivity contribution >= 4 is 23.5 Å². The standard InChI is InChI=1S/C14H18ClNO3/c1-3-14(2,13(18)19)9-16-12(17)8-10-5-4-6-11(15)7-10/h4-7H,3,8-9H2,1-2H3,(H,16,17)(H,18,19). The minimum absolute atomic E-state index is 0.123. The van der Waals surface area contributed by atoms with E-state index in [-0.39, 0.29) is 18.9 Å². The summed E-state index contributed by atoms with van der Waals surface area (Å²) >= 11 is 5.83. The Morgan fingerprint density at radius 3 is 2.63 bits per heavy atom. The third kappa shape index (κ3) is 4.56. The van der Waals surface area contributed by atoms with E-state index in [4.69, 9.17) is 16.7 Å². The lowest BCUT2D eigenvalue weighted by Crippen LogP contribution is -2.41. The SMILES string of the molecule is CCC(C)(CNC(=O)Cc1cccc(Cl)c1)C(=O)O. The summed E-state index contributed by atoms with van der Waals surface area (Å²) in [6, 6.07) is 7.04. The largest absolute Gasteiger partial charge is 0.481 e. The first-order valence-electron chi connectivity index (χ1n) is 6.12. The van der Waals surface area contributed by atoms with Crippen LogP contribution in [0.2, 0.25) is 5.02 Å². The molecule has 0 fully saturated rings. The smallest absolute Gasteiger partial charge is 0.311 e. The maximum atomic E-state index is 11.8. The Kier molecular flexibility index (Phi) is 5.36. The third-order valence-electron chi connectivity index (χ3n) is 3.23. The maximum Gasteiger partial charge on any atom is 0.311 e. The van der Waals surface area contributed by atoms with Crippen molar-refractivity contribution in [3.8, 4) is 0 Å². The average molecular weight is 284 g/mol. The third-order valence-corrected chi connectivity index (χ3v) is 3.46. The molecule has 0 aromatic heterocycles. The molecule has 19 heavy (non-hydrogen) atoms. The van der Waals surface area contributed by atoms with Crippen LogP contribution in [0.25, 0.3) is 0 Å². The van der Waals surface area contributed by atoms with Crippen LogP contribution in [0, 0.1) is 5.41 Å². The molecule has 0 aliphatic heterocycles. The van der Waals surface area contributed by atoms with Gasteiger partial charge in [0.2, 0.25) is 5.91 Å². The number of carbonyl (C=O) groups is 2. The Bertz CT molecular complexity index is 476. The molecule has 1 aromatic carbocycles. The van der Waals surface area contributed by atoms with Gasteiger partial charge < -0.3 is 10.4 Å². The van der Waals surface area contributed by atoms with Crippen molar-refractivity contribution in [1.82, 2.24) is 5.32 Å². The molecule has 1 atom stereocenters. The number of benzene rings is 1. The summed E-state index contributed by atoms with van der Waals surface area (Å²) in [4.78, 5) is 22.9. The second kappa shape index (κ2) is 6.57. The molecular weight excluding hydrogens is 266 g/mol. The topological polar surface area (TPSA) is 66.4 Å². The summed E-state index contributed by atoms with van der Waals surface area (Å²) < 4.78 is 0. The number of carboxylic acids is 1. The highest BCUT2D eigenvalue weighted by Crippen LogP contribution is 2.20. The van der Waals surface area contributed by atoms with Gasteiger partial charge >= 0.3 is 5.97 Å². The first kappa shape index (κ1) is 15.5. The Morgan fingerprint density at radius 1 is 1.42 bits per heavy atom. The predicted molar refractivity (Wildman–Crippen MR) is 74.2 cm³/mol. The van der Waals surface area contributed by atoms with Crippen LogP contribution in [0.4, 0.5) is 0 Å². The van der Waals surface area contributed by atoms with Crippen LogP contribution in [-0.2, 0) is 16.0 Å². The van der Waals surface area contributed by atoms with Gasteiger partial charge in [-0.2, -0.15) is 0 Å². The maximum absolute atomic E-state index is 11.8. The average Bonchev–Trinajstić information content (AvgIpc) is 2.35. The zero-order valence-corrected chi connectivity index (χ0v) is 11.8. The molecule has 1 rings (SSSR count). The molecule has 1 amide bonds. The Balaban J connectivity index is 2.55. The van der Waals surface area contributed by atoms with Gasteiger partial charge in [-0.15, -0.1) is 0 Å². The van der Waals surface area contributed by atoms with Crippen LogP contribution >= 0.6 is 11.6 Å². The molecule has 0 radical (unpaired) electrons. The summed E-state index contributed by atoms with van der Waals surface area (Å²) in [5.41, 5.74) is -0.122. The van der Waals surface area contributed by atoms with E-state index >= 15 is 0 Å². The number of carbonyl (C=O) groups excluding carboxylic acids is 1. The van der Waals surface area contributed by atoms with Crippen molar-refractivity contribution in [2.24, 2.45) is 5.41 Å². The number of nitrogens with one attached hydrogen (secondary N) is 1. The van der Waals surface area contributed by atoms with Crippen molar-refractivity contribution in [2.75, 3.05) is 6.54 Å². The van der Waals surface area contributed by atoms with Gasteiger partial charge in [-0.1, -0.05) is 30.7 Å². The number of rotatable bonds is 6. The van der Waals surface area contributed by atoms with Gasteiger partial charge in [-0.3, -0.25) is 9.59 Å². The van der Waals surface area contributed by atoms with Crippen molar-refractivity contribution in [3.63, 3.8) is 0 Å². The predicted octanol–water partition coefficient (Wildman–Crippen LogP) is 2.50. The first-order valence-corrected chi connectivity index (χ1v) is 6.50. The molecular formula is C14H18ClNO3. The Labute approximate surface area is 117 Å². The Morgan fingerprint density at radius 2 is 2.11 bits per heavy atom. The molecule has 2 N–H and O–H groups in total. The summed E-state index contributed by atoms with van der Waals surface area (Å²) in [7, 11) is 0. The van der Waals surface area contributed by atoms with E-state index in [2.05, 4.69) is 5.32 Å². The molecule has 0 saturated heterocycles. The van der Waals surface area contributed by atoms with Crippen LogP contribution in [-0.4, -0.2) is 23.5 Å². The van der Waals surface area contributed by atoms with E-state index in [0.717, 1.165) is 5.56 Å². The molecule has 104 valence electrons. The number of aliphatic carboxylic acids is 1. The molecule has 0 heterocycles. The fourth-order valence-corrected chi connectivity index (χ4v) is 1.75. The van der Waals surface area contributed by atoms with Gasteiger partial charge in [-0.25, -0.2) is 0 Å². The summed E-state index contributed by atoms with van der Waals surface area (Å²) in [5, 5.41) is 12.3. The fourth-order valence-electron chi connectivity index (χ4n) is 1.54. The van der Waals surface area contributed by atoms with Crippen LogP contribution in [0.1, 0.15) is 25.8 Å². The number of amides is 1. The monoisotopic (exact) mass is 283 g/mol. The quantitative estimate of drug-likeness (QED) is 0.843. The van der Waals surface area contributed by atoms with E-state index < -0.39 is 11.4 Å². The highest BCUT2D eigenvalue weighted by molar-refractivity contribution is 6.30. The fraction of sp³-hybridized carbons (Fsp3) is 0.429. The highest BCUT2D eigenvalue weighted by Gasteiger charge is 2.31. The van der Waals surface area contributed by atoms with Crippen molar-refractivity contribution in [2.45, 2.75) is 26.7 Å². The van der Waals surface area contributed by atoms with Gasteiger partial charge in [0, 0.05) is 11.6 Å². The Hall–Kier alpha value is -1.55. The molecule has 4 nitrogen and oxygen atoms in total. The second-order valence-electron chi connectivity index (χ2n) is 4.80. The minimum atomic E-state index is -0.927. The van der Waals surface area contributed by atoms with E-state index in [0.29, 0.717) is 11.4 Å². The molecule has 1 unspecified atom stereocenters. The summed E-state index contributed by atoms with van der Waals surface area (Å²) in [6.07, 6.45) is 0.653. The summed E-state index contributed by atoms with van der Waals surface area (Å²) in [6.45, 7) is 3.53. The van der Waals surface area contributed by atoms with Gasteiger partial charge in [-0.05, 0) is 31.0 Å². The van der Waals surface area contributed by atoms with Crippen molar-refractivity contribution in [3.05, 3.63) is 34.9 Å². The van der Waals surface area contributed by atoms with E-state index in [1.165, 1.54) is 0 Å². The zero-order valence-electron chi connectivity index (χ0n) is 11.1. The molecule has 0 aliphatic carbocycles. The van der Waals surface area contributed by atoms with Crippen molar-refractivity contribution in [1.29, 1.82) is 0 Å². The summed E-state index contributed by atoms with van der Waals surface area (Å²) in [5.74, 6) is -1.11. The lowest BCUT2D eigenvalue weighted by molar-refractivity contribution is -0.148. The lowest BCUT2D eigenvalue weighted by atomic mass is 9.87. The van der Waals surface area contributed by atoms with E-state index in [1.807, 2.05) is 6.07 Å². The molecule has 1 aromatic rings. The highest BCUT2D eigenvalue weighted by atomic mass is 35.5. The zero-order chi connectivity index (χ0) is 14.5. The number of halogens is 1. The normalized spacial score (nSPS) is 13.6. The minimum Gasteiger partial charge on any atom is -0.481 e. The van der Waals surface area contributed by atoms with Crippen LogP contribution in [0.15, 0.2) is 24.3 Å².